The number of alkyl halides is 2. The van der Waals surface area contributed by atoms with Gasteiger partial charge in [-0.3, -0.25) is 14.6 Å². The molecular formula is C23H33ClFN3O4. The summed E-state index contributed by atoms with van der Waals surface area (Å²) in [5, 5.41) is 5.39. The minimum absolute atomic E-state index is 0.0263. The average molecular weight is 470 g/mol. The van der Waals surface area contributed by atoms with Crippen LogP contribution in [0.1, 0.15) is 68.4 Å². The monoisotopic (exact) mass is 469 g/mol. The van der Waals surface area contributed by atoms with Gasteiger partial charge in [0.2, 0.25) is 5.91 Å². The zero-order chi connectivity index (χ0) is 23.4. The fourth-order valence-electron chi connectivity index (χ4n) is 3.70. The van der Waals surface area contributed by atoms with Gasteiger partial charge >= 0.3 is 0 Å². The zero-order valence-electron chi connectivity index (χ0n) is 19.0. The quantitative estimate of drug-likeness (QED) is 0.458. The van der Waals surface area contributed by atoms with Crippen LogP contribution >= 0.6 is 11.6 Å². The van der Waals surface area contributed by atoms with Crippen molar-refractivity contribution in [2.45, 2.75) is 64.1 Å². The summed E-state index contributed by atoms with van der Waals surface area (Å²) in [6, 6.07) is 1.66. The van der Waals surface area contributed by atoms with Crippen molar-refractivity contribution in [1.82, 2.24) is 15.6 Å². The number of carbonyl (C=O) groups is 2. The highest BCUT2D eigenvalue weighted by Gasteiger charge is 2.38. The Hall–Kier alpha value is -1.93. The van der Waals surface area contributed by atoms with Gasteiger partial charge in [0.15, 0.2) is 0 Å². The lowest BCUT2D eigenvalue weighted by atomic mass is 9.90. The summed E-state index contributed by atoms with van der Waals surface area (Å²) in [6.45, 7) is 7.31. The van der Waals surface area contributed by atoms with Gasteiger partial charge < -0.3 is 20.1 Å². The summed E-state index contributed by atoms with van der Waals surface area (Å²) in [6.07, 6.45) is 3.21. The molecule has 1 aromatic rings. The first kappa shape index (κ1) is 24.7. The molecular weight excluding hydrogens is 437 g/mol. The third-order valence-corrected chi connectivity index (χ3v) is 6.60. The maximum atomic E-state index is 13.5. The van der Waals surface area contributed by atoms with Crippen molar-refractivity contribution in [1.29, 1.82) is 0 Å². The van der Waals surface area contributed by atoms with E-state index in [4.69, 9.17) is 21.1 Å². The highest BCUT2D eigenvalue weighted by molar-refractivity contribution is 6.18. The third kappa shape index (κ3) is 5.70. The van der Waals surface area contributed by atoms with Crippen LogP contribution in [-0.4, -0.2) is 60.8 Å². The molecule has 1 aliphatic carbocycles. The summed E-state index contributed by atoms with van der Waals surface area (Å²) < 4.78 is 24.9. The lowest BCUT2D eigenvalue weighted by Crippen LogP contribution is -2.59. The fraction of sp³-hybridized carbons (Fsp3) is 0.696. The van der Waals surface area contributed by atoms with Gasteiger partial charge in [0, 0.05) is 23.2 Å². The van der Waals surface area contributed by atoms with Gasteiger partial charge in [0.1, 0.15) is 23.2 Å². The number of hydrogen-bond acceptors (Lipinski definition) is 5. The van der Waals surface area contributed by atoms with Crippen molar-refractivity contribution >= 4 is 23.4 Å². The smallest absolute Gasteiger partial charge is 0.270 e. The van der Waals surface area contributed by atoms with Crippen LogP contribution in [0.3, 0.4) is 0 Å². The summed E-state index contributed by atoms with van der Waals surface area (Å²) in [7, 11) is 0. The minimum Gasteiger partial charge on any atom is -0.492 e. The van der Waals surface area contributed by atoms with Gasteiger partial charge in [-0.2, -0.15) is 0 Å². The van der Waals surface area contributed by atoms with Crippen LogP contribution in [-0.2, 0) is 9.53 Å². The standard InChI is InChI=1S/C23H33ClFN3O4/c1-4-23(5-2,21(30)27-10-16(25)9-24)28-20(29)18-8-19(17(11-26-18)15-6-7-15)32-14-22(3)12-31-13-22/h8,11,15-16H,4-7,9-10,12-14H2,1-3H3,(H,27,30)(H,28,29). The Labute approximate surface area is 193 Å². The molecule has 2 aliphatic rings. The number of aromatic nitrogens is 1. The van der Waals surface area contributed by atoms with E-state index in [2.05, 4.69) is 22.5 Å². The normalized spacial score (nSPS) is 18.4. The highest BCUT2D eigenvalue weighted by Crippen LogP contribution is 2.44. The van der Waals surface area contributed by atoms with E-state index in [0.29, 0.717) is 44.3 Å². The van der Waals surface area contributed by atoms with E-state index in [1.54, 1.807) is 26.1 Å². The van der Waals surface area contributed by atoms with Crippen LogP contribution in [0.2, 0.25) is 0 Å². The summed E-state index contributed by atoms with van der Waals surface area (Å²) in [5.74, 6) is -0.0442. The minimum atomic E-state index is -1.35. The van der Waals surface area contributed by atoms with Crippen LogP contribution in [0.25, 0.3) is 0 Å². The van der Waals surface area contributed by atoms with E-state index >= 15 is 0 Å². The van der Waals surface area contributed by atoms with Crippen molar-refractivity contribution in [2.75, 3.05) is 32.2 Å². The first-order valence-electron chi connectivity index (χ1n) is 11.3. The molecule has 0 aromatic carbocycles. The second kappa shape index (κ2) is 10.3. The second-order valence-electron chi connectivity index (χ2n) is 9.18. The number of rotatable bonds is 12. The molecule has 0 spiro atoms. The number of carbonyl (C=O) groups excluding carboxylic acids is 2. The van der Waals surface area contributed by atoms with Gasteiger partial charge in [-0.25, -0.2) is 4.39 Å². The molecule has 7 nitrogen and oxygen atoms in total. The lowest BCUT2D eigenvalue weighted by Gasteiger charge is -2.37. The van der Waals surface area contributed by atoms with Gasteiger partial charge in [0.25, 0.3) is 5.91 Å². The maximum Gasteiger partial charge on any atom is 0.270 e. The van der Waals surface area contributed by atoms with Crippen molar-refractivity contribution in [3.8, 4) is 5.75 Å². The average Bonchev–Trinajstić information content (AvgIpc) is 3.63. The highest BCUT2D eigenvalue weighted by atomic mass is 35.5. The SMILES string of the molecule is CCC(CC)(NC(=O)c1cc(OCC2(C)COC2)c(C2CC2)cn1)C(=O)NCC(F)CCl. The first-order chi connectivity index (χ1) is 15.3. The maximum absolute atomic E-state index is 13.5. The molecule has 2 N–H and O–H groups in total. The number of amides is 2. The van der Waals surface area contributed by atoms with E-state index in [-0.39, 0.29) is 23.5 Å². The molecule has 178 valence electrons. The molecule has 1 unspecified atom stereocenters. The van der Waals surface area contributed by atoms with E-state index in [9.17, 15) is 14.0 Å². The van der Waals surface area contributed by atoms with Gasteiger partial charge in [-0.1, -0.05) is 20.8 Å². The Morgan fingerprint density at radius 2 is 2.06 bits per heavy atom. The zero-order valence-corrected chi connectivity index (χ0v) is 19.8. The number of nitrogens with one attached hydrogen (secondary N) is 2. The molecule has 3 rings (SSSR count). The molecule has 1 saturated carbocycles. The molecule has 1 saturated heterocycles. The molecule has 1 aliphatic heterocycles. The van der Waals surface area contributed by atoms with Crippen LogP contribution in [0.5, 0.6) is 5.75 Å². The van der Waals surface area contributed by atoms with Gasteiger partial charge in [-0.15, -0.1) is 11.6 Å². The number of hydrogen-bond donors (Lipinski definition) is 2. The lowest BCUT2D eigenvalue weighted by molar-refractivity contribution is -0.127. The summed E-state index contributed by atoms with van der Waals surface area (Å²) in [5.41, 5.74) is -0.00258. The Morgan fingerprint density at radius 3 is 2.59 bits per heavy atom. The van der Waals surface area contributed by atoms with E-state index in [1.165, 1.54) is 0 Å². The van der Waals surface area contributed by atoms with Crippen molar-refractivity contribution in [3.05, 3.63) is 23.5 Å². The molecule has 9 heteroatoms. The molecule has 2 heterocycles. The first-order valence-corrected chi connectivity index (χ1v) is 11.8. The predicted octanol–water partition coefficient (Wildman–Crippen LogP) is 3.36. The Kier molecular flexibility index (Phi) is 7.98. The van der Waals surface area contributed by atoms with E-state index in [1.807, 2.05) is 0 Å². The van der Waals surface area contributed by atoms with Crippen molar-refractivity contribution < 1.29 is 23.5 Å². The summed E-state index contributed by atoms with van der Waals surface area (Å²) >= 11 is 5.48. The topological polar surface area (TPSA) is 89.6 Å². The molecule has 2 fully saturated rings. The molecule has 1 atom stereocenters. The summed E-state index contributed by atoms with van der Waals surface area (Å²) in [4.78, 5) is 30.2. The Morgan fingerprint density at radius 1 is 1.38 bits per heavy atom. The van der Waals surface area contributed by atoms with Crippen LogP contribution in [0.4, 0.5) is 4.39 Å². The van der Waals surface area contributed by atoms with Crippen molar-refractivity contribution in [3.63, 3.8) is 0 Å². The fourth-order valence-corrected chi connectivity index (χ4v) is 3.81. The Bertz CT molecular complexity index is 825. The number of halogens is 2. The second-order valence-corrected chi connectivity index (χ2v) is 9.49. The van der Waals surface area contributed by atoms with Gasteiger partial charge in [0.05, 0.1) is 32.2 Å². The molecule has 2 amide bonds. The Balaban J connectivity index is 1.74. The van der Waals surface area contributed by atoms with Gasteiger partial charge in [-0.05, 0) is 31.6 Å². The van der Waals surface area contributed by atoms with Crippen LogP contribution in [0.15, 0.2) is 12.3 Å². The molecule has 0 bridgehead atoms. The van der Waals surface area contributed by atoms with E-state index < -0.39 is 23.5 Å². The molecule has 32 heavy (non-hydrogen) atoms. The van der Waals surface area contributed by atoms with E-state index in [0.717, 1.165) is 18.4 Å². The largest absolute Gasteiger partial charge is 0.492 e. The number of ether oxygens (including phenoxy) is 2. The predicted molar refractivity (Wildman–Crippen MR) is 120 cm³/mol. The number of nitrogens with zero attached hydrogens (tertiary/aromatic N) is 1. The third-order valence-electron chi connectivity index (χ3n) is 6.27. The number of pyridine rings is 1. The van der Waals surface area contributed by atoms with Crippen molar-refractivity contribution in [2.24, 2.45) is 5.41 Å². The molecule has 1 aromatic heterocycles. The molecule has 0 radical (unpaired) electrons. The van der Waals surface area contributed by atoms with Crippen LogP contribution < -0.4 is 15.4 Å². The van der Waals surface area contributed by atoms with Crippen LogP contribution in [0, 0.1) is 5.41 Å².